The van der Waals surface area contributed by atoms with Crippen LogP contribution in [0.15, 0.2) is 29.2 Å². The molecule has 1 aromatic rings. The van der Waals surface area contributed by atoms with Gasteiger partial charge in [-0.3, -0.25) is 4.79 Å². The summed E-state index contributed by atoms with van der Waals surface area (Å²) in [5.74, 6) is 0.695. The molecule has 1 heterocycles. The van der Waals surface area contributed by atoms with E-state index < -0.39 is 0 Å². The van der Waals surface area contributed by atoms with Crippen molar-refractivity contribution in [3.8, 4) is 0 Å². The second-order valence-corrected chi connectivity index (χ2v) is 4.50. The maximum absolute atomic E-state index is 10.8. The number of ether oxygens (including phenoxy) is 1. The number of thioether (sulfide) groups is 1. The highest BCUT2D eigenvalue weighted by Crippen LogP contribution is 2.21. The summed E-state index contributed by atoms with van der Waals surface area (Å²) in [6, 6.07) is 7.35. The van der Waals surface area contributed by atoms with Gasteiger partial charge in [0, 0.05) is 16.2 Å². The lowest BCUT2D eigenvalue weighted by atomic mass is 10.2. The molecule has 5 heteroatoms. The number of carbonyl (C=O) groups excluding carboxylic acids is 2. The largest absolute Gasteiger partial charge is 0.443 e. The van der Waals surface area contributed by atoms with Gasteiger partial charge in [-0.25, -0.2) is 4.79 Å². The summed E-state index contributed by atoms with van der Waals surface area (Å²) in [5.41, 5.74) is 0.659. The van der Waals surface area contributed by atoms with E-state index in [9.17, 15) is 9.59 Å². The number of hydrogen-bond donors (Lipinski definition) is 1. The number of aldehydes is 1. The van der Waals surface area contributed by atoms with Gasteiger partial charge in [0.25, 0.3) is 0 Å². The van der Waals surface area contributed by atoms with Crippen molar-refractivity contribution >= 4 is 24.1 Å². The van der Waals surface area contributed by atoms with Gasteiger partial charge in [-0.1, -0.05) is 12.1 Å². The third-order valence-electron chi connectivity index (χ3n) is 2.18. The van der Waals surface area contributed by atoms with Crippen molar-refractivity contribution in [2.45, 2.75) is 11.0 Å². The molecule has 0 radical (unpaired) electrons. The van der Waals surface area contributed by atoms with E-state index in [0.29, 0.717) is 17.9 Å². The van der Waals surface area contributed by atoms with Gasteiger partial charge < -0.3 is 10.1 Å². The first kappa shape index (κ1) is 11.0. The zero-order chi connectivity index (χ0) is 11.4. The van der Waals surface area contributed by atoms with Crippen molar-refractivity contribution in [3.63, 3.8) is 0 Å². The standard InChI is InChI=1S/C11H11NO3S/c13-6-8-2-1-3-10(4-8)16-7-9-5-12-11(14)15-9/h1-4,6,9H,5,7H2,(H,12,14). The molecule has 0 bridgehead atoms. The van der Waals surface area contributed by atoms with Crippen LogP contribution in [0, 0.1) is 0 Å². The minimum Gasteiger partial charge on any atom is -0.443 e. The number of hydrogen-bond acceptors (Lipinski definition) is 4. The molecule has 16 heavy (non-hydrogen) atoms. The van der Waals surface area contributed by atoms with E-state index in [1.54, 1.807) is 17.8 Å². The molecule has 0 saturated carbocycles. The number of nitrogens with one attached hydrogen (secondary N) is 1. The third kappa shape index (κ3) is 2.76. The highest BCUT2D eigenvalue weighted by Gasteiger charge is 2.22. The molecule has 1 amide bonds. The van der Waals surface area contributed by atoms with E-state index in [4.69, 9.17) is 4.74 Å². The van der Waals surface area contributed by atoms with Crippen molar-refractivity contribution < 1.29 is 14.3 Å². The lowest BCUT2D eigenvalue weighted by Gasteiger charge is -2.07. The first-order valence-electron chi connectivity index (χ1n) is 4.90. The minimum absolute atomic E-state index is 0.0858. The van der Waals surface area contributed by atoms with Crippen molar-refractivity contribution in [2.24, 2.45) is 0 Å². The number of carbonyl (C=O) groups is 2. The molecular weight excluding hydrogens is 226 g/mol. The van der Waals surface area contributed by atoms with Crippen LogP contribution in [-0.4, -0.2) is 30.8 Å². The first-order chi connectivity index (χ1) is 7.78. The fraction of sp³-hybridized carbons (Fsp3) is 0.273. The summed E-state index contributed by atoms with van der Waals surface area (Å²) in [6.45, 7) is 0.555. The normalized spacial score (nSPS) is 19.0. The Morgan fingerprint density at radius 2 is 2.44 bits per heavy atom. The van der Waals surface area contributed by atoms with Gasteiger partial charge in [-0.15, -0.1) is 11.8 Å². The van der Waals surface area contributed by atoms with Crippen LogP contribution >= 0.6 is 11.8 Å². The monoisotopic (exact) mass is 237 g/mol. The molecule has 0 aromatic heterocycles. The Hall–Kier alpha value is -1.49. The Kier molecular flexibility index (Phi) is 3.46. The summed E-state index contributed by atoms with van der Waals surface area (Å²) in [6.07, 6.45) is 0.380. The third-order valence-corrected chi connectivity index (χ3v) is 3.30. The van der Waals surface area contributed by atoms with E-state index in [1.165, 1.54) is 0 Å². The summed E-state index contributed by atoms with van der Waals surface area (Å²) < 4.78 is 5.00. The average molecular weight is 237 g/mol. The van der Waals surface area contributed by atoms with Crippen LogP contribution < -0.4 is 5.32 Å². The summed E-state index contributed by atoms with van der Waals surface area (Å²) in [7, 11) is 0. The Labute approximate surface area is 97.4 Å². The van der Waals surface area contributed by atoms with Crippen molar-refractivity contribution in [2.75, 3.05) is 12.3 Å². The summed E-state index contributed by atoms with van der Waals surface area (Å²) in [5, 5.41) is 2.60. The maximum atomic E-state index is 10.8. The molecule has 84 valence electrons. The zero-order valence-electron chi connectivity index (χ0n) is 8.51. The molecule has 4 nitrogen and oxygen atoms in total. The SMILES string of the molecule is O=Cc1cccc(SCC2CNC(=O)O2)c1. The number of benzene rings is 1. The number of alkyl carbamates (subject to hydrolysis) is 1. The van der Waals surface area contributed by atoms with Crippen molar-refractivity contribution in [3.05, 3.63) is 29.8 Å². The highest BCUT2D eigenvalue weighted by molar-refractivity contribution is 7.99. The quantitative estimate of drug-likeness (QED) is 0.639. The minimum atomic E-state index is -0.354. The molecule has 2 rings (SSSR count). The van der Waals surface area contributed by atoms with E-state index in [0.717, 1.165) is 11.2 Å². The van der Waals surface area contributed by atoms with Crippen LogP contribution in [0.3, 0.4) is 0 Å². The highest BCUT2D eigenvalue weighted by atomic mass is 32.2. The van der Waals surface area contributed by atoms with E-state index >= 15 is 0 Å². The first-order valence-corrected chi connectivity index (χ1v) is 5.89. The summed E-state index contributed by atoms with van der Waals surface area (Å²) >= 11 is 1.57. The van der Waals surface area contributed by atoms with Crippen LogP contribution in [0.1, 0.15) is 10.4 Å². The van der Waals surface area contributed by atoms with Crippen LogP contribution in [-0.2, 0) is 4.74 Å². The predicted molar refractivity (Wildman–Crippen MR) is 60.8 cm³/mol. The second kappa shape index (κ2) is 5.03. The molecule has 1 aromatic carbocycles. The lowest BCUT2D eigenvalue weighted by molar-refractivity contribution is 0.112. The van der Waals surface area contributed by atoms with Gasteiger partial charge in [-0.05, 0) is 12.1 Å². The predicted octanol–water partition coefficient (Wildman–Crippen LogP) is 1.70. The second-order valence-electron chi connectivity index (χ2n) is 3.41. The van der Waals surface area contributed by atoms with Gasteiger partial charge in [0.15, 0.2) is 0 Å². The molecule has 1 aliphatic heterocycles. The van der Waals surface area contributed by atoms with Crippen LogP contribution in [0.25, 0.3) is 0 Å². The van der Waals surface area contributed by atoms with E-state index in [-0.39, 0.29) is 12.2 Å². The molecule has 1 saturated heterocycles. The van der Waals surface area contributed by atoms with Gasteiger partial charge in [-0.2, -0.15) is 0 Å². The van der Waals surface area contributed by atoms with Gasteiger partial charge in [0.1, 0.15) is 12.4 Å². The molecule has 1 N–H and O–H groups in total. The fourth-order valence-corrected chi connectivity index (χ4v) is 2.35. The zero-order valence-corrected chi connectivity index (χ0v) is 9.33. The molecule has 0 aliphatic carbocycles. The van der Waals surface area contributed by atoms with Crippen molar-refractivity contribution in [1.29, 1.82) is 0 Å². The Bertz CT molecular complexity index is 408. The Balaban J connectivity index is 1.89. The Morgan fingerprint density at radius 3 is 3.12 bits per heavy atom. The Morgan fingerprint density at radius 1 is 1.56 bits per heavy atom. The molecule has 1 unspecified atom stereocenters. The molecule has 1 fully saturated rings. The molecular formula is C11H11NO3S. The van der Waals surface area contributed by atoms with Crippen LogP contribution in [0.4, 0.5) is 4.79 Å². The molecule has 0 spiro atoms. The maximum Gasteiger partial charge on any atom is 0.407 e. The van der Waals surface area contributed by atoms with Crippen molar-refractivity contribution in [1.82, 2.24) is 5.32 Å². The average Bonchev–Trinajstić information content (AvgIpc) is 2.73. The molecule has 1 atom stereocenters. The molecule has 1 aliphatic rings. The van der Waals surface area contributed by atoms with Crippen LogP contribution in [0.2, 0.25) is 0 Å². The fourth-order valence-electron chi connectivity index (χ4n) is 1.39. The van der Waals surface area contributed by atoms with E-state index in [2.05, 4.69) is 5.32 Å². The summed E-state index contributed by atoms with van der Waals surface area (Å²) in [4.78, 5) is 22.4. The number of amides is 1. The van der Waals surface area contributed by atoms with E-state index in [1.807, 2.05) is 18.2 Å². The number of cyclic esters (lactones) is 1. The van der Waals surface area contributed by atoms with Gasteiger partial charge in [0.05, 0.1) is 6.54 Å². The van der Waals surface area contributed by atoms with Crippen LogP contribution in [0.5, 0.6) is 0 Å². The van der Waals surface area contributed by atoms with Gasteiger partial charge in [0.2, 0.25) is 0 Å². The lowest BCUT2D eigenvalue weighted by Crippen LogP contribution is -2.16. The van der Waals surface area contributed by atoms with Gasteiger partial charge >= 0.3 is 6.09 Å². The smallest absolute Gasteiger partial charge is 0.407 e. The number of rotatable bonds is 4. The topological polar surface area (TPSA) is 55.4 Å².